The van der Waals surface area contributed by atoms with Crippen LogP contribution in [0.15, 0.2) is 34.7 Å². The summed E-state index contributed by atoms with van der Waals surface area (Å²) in [5.74, 6) is -0.597. The number of carbonyl (C=O) groups excluding carboxylic acids is 1. The summed E-state index contributed by atoms with van der Waals surface area (Å²) in [6.45, 7) is 1.95. The Hall–Kier alpha value is -1.73. The van der Waals surface area contributed by atoms with Crippen molar-refractivity contribution < 1.29 is 9.53 Å². The highest BCUT2D eigenvalue weighted by Gasteiger charge is 2.09. The van der Waals surface area contributed by atoms with E-state index in [4.69, 9.17) is 10.00 Å². The second-order valence-corrected chi connectivity index (χ2v) is 3.50. The van der Waals surface area contributed by atoms with E-state index in [-0.39, 0.29) is 12.2 Å². The second kappa shape index (κ2) is 5.99. The van der Waals surface area contributed by atoms with E-state index >= 15 is 0 Å². The van der Waals surface area contributed by atoms with Gasteiger partial charge in [0.05, 0.1) is 6.61 Å². The molecule has 3 nitrogen and oxygen atoms in total. The van der Waals surface area contributed by atoms with Crippen molar-refractivity contribution in [1.29, 1.82) is 5.26 Å². The zero-order valence-corrected chi connectivity index (χ0v) is 9.70. The van der Waals surface area contributed by atoms with Crippen LogP contribution in [0.3, 0.4) is 0 Å². The van der Waals surface area contributed by atoms with Crippen LogP contribution in [-0.2, 0) is 9.53 Å². The molecular formula is C12H11NO2S. The summed E-state index contributed by atoms with van der Waals surface area (Å²) < 4.78 is 4.75. The van der Waals surface area contributed by atoms with Gasteiger partial charge in [-0.25, -0.2) is 4.79 Å². The van der Waals surface area contributed by atoms with Crippen molar-refractivity contribution >= 4 is 24.7 Å². The van der Waals surface area contributed by atoms with Crippen LogP contribution in [0.25, 0.3) is 6.08 Å². The van der Waals surface area contributed by atoms with Crippen molar-refractivity contribution in [2.75, 3.05) is 6.61 Å². The van der Waals surface area contributed by atoms with E-state index in [1.165, 1.54) is 6.08 Å². The lowest BCUT2D eigenvalue weighted by molar-refractivity contribution is -0.137. The molecule has 0 aliphatic carbocycles. The predicted molar refractivity (Wildman–Crippen MR) is 63.9 cm³/mol. The number of thiol groups is 1. The smallest absolute Gasteiger partial charge is 0.348 e. The number of rotatable bonds is 3. The molecular weight excluding hydrogens is 222 g/mol. The van der Waals surface area contributed by atoms with E-state index in [0.717, 1.165) is 10.5 Å². The normalized spacial score (nSPS) is 10.7. The topological polar surface area (TPSA) is 50.1 Å². The number of benzene rings is 1. The highest BCUT2D eigenvalue weighted by molar-refractivity contribution is 7.80. The van der Waals surface area contributed by atoms with Crippen molar-refractivity contribution in [2.24, 2.45) is 0 Å². The molecule has 1 aromatic rings. The van der Waals surface area contributed by atoms with Gasteiger partial charge in [0.15, 0.2) is 0 Å². The molecule has 82 valence electrons. The Kier molecular flexibility index (Phi) is 4.62. The Morgan fingerprint density at radius 1 is 1.50 bits per heavy atom. The summed E-state index contributed by atoms with van der Waals surface area (Å²) in [7, 11) is 0. The fraction of sp³-hybridized carbons (Fsp3) is 0.167. The van der Waals surface area contributed by atoms with Gasteiger partial charge in [-0.15, -0.1) is 12.6 Å². The average Bonchev–Trinajstić information content (AvgIpc) is 2.28. The van der Waals surface area contributed by atoms with Gasteiger partial charge in [-0.05, 0) is 30.7 Å². The van der Waals surface area contributed by atoms with E-state index in [2.05, 4.69) is 12.6 Å². The first-order valence-electron chi connectivity index (χ1n) is 4.75. The summed E-state index contributed by atoms with van der Waals surface area (Å²) in [6.07, 6.45) is 1.49. The van der Waals surface area contributed by atoms with Crippen molar-refractivity contribution in [3.8, 4) is 6.07 Å². The van der Waals surface area contributed by atoms with E-state index in [0.29, 0.717) is 0 Å². The van der Waals surface area contributed by atoms with Crippen LogP contribution in [0.2, 0.25) is 0 Å². The molecule has 0 heterocycles. The van der Waals surface area contributed by atoms with Gasteiger partial charge in [-0.2, -0.15) is 5.26 Å². The number of hydrogen-bond donors (Lipinski definition) is 1. The fourth-order valence-electron chi connectivity index (χ4n) is 1.08. The molecule has 0 radical (unpaired) electrons. The number of ether oxygens (including phenoxy) is 1. The molecule has 16 heavy (non-hydrogen) atoms. The quantitative estimate of drug-likeness (QED) is 0.377. The van der Waals surface area contributed by atoms with Crippen LogP contribution in [0, 0.1) is 11.3 Å². The van der Waals surface area contributed by atoms with Gasteiger partial charge in [0.1, 0.15) is 11.6 Å². The predicted octanol–water partition coefficient (Wildman–Crippen LogP) is 2.45. The number of carbonyl (C=O) groups is 1. The first-order valence-corrected chi connectivity index (χ1v) is 5.20. The van der Waals surface area contributed by atoms with Crippen molar-refractivity contribution in [2.45, 2.75) is 11.8 Å². The zero-order valence-electron chi connectivity index (χ0n) is 8.80. The van der Waals surface area contributed by atoms with Crippen molar-refractivity contribution in [3.63, 3.8) is 0 Å². The minimum absolute atomic E-state index is 0.00577. The second-order valence-electron chi connectivity index (χ2n) is 2.98. The van der Waals surface area contributed by atoms with Gasteiger partial charge in [-0.1, -0.05) is 12.1 Å². The molecule has 0 saturated carbocycles. The van der Waals surface area contributed by atoms with Gasteiger partial charge in [0, 0.05) is 4.90 Å². The maximum Gasteiger partial charge on any atom is 0.348 e. The Balaban J connectivity index is 2.92. The molecule has 0 fully saturated rings. The lowest BCUT2D eigenvalue weighted by Crippen LogP contribution is -2.05. The Morgan fingerprint density at radius 2 is 2.12 bits per heavy atom. The van der Waals surface area contributed by atoms with Gasteiger partial charge in [-0.3, -0.25) is 0 Å². The molecule has 0 N–H and O–H groups in total. The highest BCUT2D eigenvalue weighted by atomic mass is 32.1. The van der Waals surface area contributed by atoms with Crippen LogP contribution in [0.4, 0.5) is 0 Å². The number of hydrogen-bond acceptors (Lipinski definition) is 4. The first kappa shape index (κ1) is 12.3. The number of esters is 1. The third kappa shape index (κ3) is 3.44. The largest absolute Gasteiger partial charge is 0.462 e. The molecule has 4 heteroatoms. The third-order valence-corrected chi connectivity index (χ3v) is 2.12. The van der Waals surface area contributed by atoms with Crippen LogP contribution in [0.1, 0.15) is 12.5 Å². The lowest BCUT2D eigenvalue weighted by atomic mass is 10.1. The lowest BCUT2D eigenvalue weighted by Gasteiger charge is -1.99. The molecule has 1 rings (SSSR count). The Labute approximate surface area is 99.8 Å². The molecule has 0 spiro atoms. The minimum Gasteiger partial charge on any atom is -0.462 e. The molecule has 0 aromatic heterocycles. The Bertz CT molecular complexity index is 443. The van der Waals surface area contributed by atoms with E-state index in [9.17, 15) is 4.79 Å². The van der Waals surface area contributed by atoms with Gasteiger partial charge in [0.25, 0.3) is 0 Å². The summed E-state index contributed by atoms with van der Waals surface area (Å²) in [5, 5.41) is 8.80. The zero-order chi connectivity index (χ0) is 12.0. The molecule has 0 unspecified atom stereocenters. The van der Waals surface area contributed by atoms with E-state index in [1.54, 1.807) is 31.2 Å². The maximum absolute atomic E-state index is 11.3. The van der Waals surface area contributed by atoms with Crippen LogP contribution < -0.4 is 0 Å². The molecule has 0 amide bonds. The third-order valence-electron chi connectivity index (χ3n) is 1.82. The van der Waals surface area contributed by atoms with Crippen LogP contribution in [-0.4, -0.2) is 12.6 Å². The standard InChI is InChI=1S/C12H11NO2S/c1-2-15-12(14)10(8-13)7-9-3-5-11(16)6-4-9/h3-7,16H,2H2,1H3. The molecule has 1 aromatic carbocycles. The number of nitrogens with zero attached hydrogens (tertiary/aromatic N) is 1. The van der Waals surface area contributed by atoms with Gasteiger partial charge < -0.3 is 4.74 Å². The molecule has 0 aliphatic rings. The Morgan fingerprint density at radius 3 is 2.62 bits per heavy atom. The number of nitriles is 1. The molecule has 0 bridgehead atoms. The van der Waals surface area contributed by atoms with Crippen molar-refractivity contribution in [1.82, 2.24) is 0 Å². The summed E-state index contributed by atoms with van der Waals surface area (Å²) in [6, 6.07) is 8.94. The van der Waals surface area contributed by atoms with Crippen molar-refractivity contribution in [3.05, 3.63) is 35.4 Å². The van der Waals surface area contributed by atoms with Gasteiger partial charge in [0.2, 0.25) is 0 Å². The van der Waals surface area contributed by atoms with Gasteiger partial charge >= 0.3 is 5.97 Å². The molecule has 0 aliphatic heterocycles. The highest BCUT2D eigenvalue weighted by Crippen LogP contribution is 2.11. The summed E-state index contributed by atoms with van der Waals surface area (Å²) >= 11 is 4.14. The molecule has 0 atom stereocenters. The summed E-state index contributed by atoms with van der Waals surface area (Å²) in [5.41, 5.74) is 0.760. The fourth-order valence-corrected chi connectivity index (χ4v) is 1.23. The van der Waals surface area contributed by atoms with Crippen LogP contribution in [0.5, 0.6) is 0 Å². The summed E-state index contributed by atoms with van der Waals surface area (Å²) in [4.78, 5) is 12.1. The SMILES string of the molecule is CCOC(=O)C(C#N)=Cc1ccc(S)cc1. The van der Waals surface area contributed by atoms with Crippen LogP contribution >= 0.6 is 12.6 Å². The monoisotopic (exact) mass is 233 g/mol. The minimum atomic E-state index is -0.597. The van der Waals surface area contributed by atoms with E-state index in [1.807, 2.05) is 6.07 Å². The first-order chi connectivity index (χ1) is 7.67. The van der Waals surface area contributed by atoms with E-state index < -0.39 is 5.97 Å². The average molecular weight is 233 g/mol. The maximum atomic E-state index is 11.3. The molecule has 0 saturated heterocycles.